The quantitative estimate of drug-likeness (QED) is 0.438. The summed E-state index contributed by atoms with van der Waals surface area (Å²) in [6.07, 6.45) is 1.36. The molecule has 5 rings (SSSR count). The molecular weight excluding hydrogens is 400 g/mol. The summed E-state index contributed by atoms with van der Waals surface area (Å²) >= 11 is 0. The van der Waals surface area contributed by atoms with Gasteiger partial charge in [-0.25, -0.2) is 4.68 Å². The van der Waals surface area contributed by atoms with E-state index in [-0.39, 0.29) is 11.7 Å². The summed E-state index contributed by atoms with van der Waals surface area (Å²) in [5.41, 5.74) is 4.78. The molecular formula is C26H24N4O2. The number of para-hydroxylation sites is 1. The minimum absolute atomic E-state index is 0.0583. The van der Waals surface area contributed by atoms with E-state index in [9.17, 15) is 4.79 Å². The Morgan fingerprint density at radius 3 is 2.38 bits per heavy atom. The summed E-state index contributed by atoms with van der Waals surface area (Å²) in [7, 11) is 3.45. The van der Waals surface area contributed by atoms with Crippen molar-refractivity contribution >= 4 is 27.5 Å². The van der Waals surface area contributed by atoms with Crippen LogP contribution < -0.4 is 15.6 Å². The fourth-order valence-electron chi connectivity index (χ4n) is 4.12. The van der Waals surface area contributed by atoms with Crippen molar-refractivity contribution in [1.82, 2.24) is 14.3 Å². The van der Waals surface area contributed by atoms with Gasteiger partial charge >= 0.3 is 0 Å². The minimum atomic E-state index is -0.308. The number of aromatic nitrogens is 3. The van der Waals surface area contributed by atoms with Crippen LogP contribution in [0, 0.1) is 6.92 Å². The Bertz CT molecular complexity index is 1460. The lowest BCUT2D eigenvalue weighted by atomic mass is 10.1. The van der Waals surface area contributed by atoms with Crippen LogP contribution in [0.3, 0.4) is 0 Å². The van der Waals surface area contributed by atoms with Gasteiger partial charge in [-0.05, 0) is 42.8 Å². The summed E-state index contributed by atoms with van der Waals surface area (Å²) in [6, 6.07) is 24.1. The molecule has 0 saturated heterocycles. The minimum Gasteiger partial charge on any atom is -0.497 e. The molecule has 2 aromatic heterocycles. The lowest BCUT2D eigenvalue weighted by Gasteiger charge is -2.23. The zero-order valence-electron chi connectivity index (χ0n) is 18.2. The largest absolute Gasteiger partial charge is 0.497 e. The summed E-state index contributed by atoms with van der Waals surface area (Å²) in [5.74, 6) is 0.793. The molecule has 0 saturated carbocycles. The average Bonchev–Trinajstić information content (AvgIpc) is 3.27. The Morgan fingerprint density at radius 1 is 0.938 bits per heavy atom. The first-order valence-corrected chi connectivity index (χ1v) is 10.5. The van der Waals surface area contributed by atoms with Gasteiger partial charge in [0, 0.05) is 18.1 Å². The number of pyridine rings is 1. The van der Waals surface area contributed by atoms with Gasteiger partial charge in [0.1, 0.15) is 11.9 Å². The molecule has 6 heteroatoms. The van der Waals surface area contributed by atoms with Crippen LogP contribution in [0.15, 0.2) is 83.8 Å². The second-order valence-electron chi connectivity index (χ2n) is 7.92. The molecule has 6 nitrogen and oxygen atoms in total. The van der Waals surface area contributed by atoms with E-state index in [1.54, 1.807) is 24.9 Å². The predicted molar refractivity (Wildman–Crippen MR) is 128 cm³/mol. The molecule has 0 aliphatic rings. The lowest BCUT2D eigenvalue weighted by molar-refractivity contribution is 0.415. The Labute approximate surface area is 185 Å². The summed E-state index contributed by atoms with van der Waals surface area (Å²) in [4.78, 5) is 13.1. The maximum atomic E-state index is 13.1. The van der Waals surface area contributed by atoms with Gasteiger partial charge in [0.05, 0.1) is 29.7 Å². The van der Waals surface area contributed by atoms with Gasteiger partial charge in [-0.15, -0.1) is 0 Å². The second-order valence-corrected chi connectivity index (χ2v) is 7.92. The molecule has 0 aliphatic carbocycles. The van der Waals surface area contributed by atoms with E-state index in [1.807, 2.05) is 53.2 Å². The highest BCUT2D eigenvalue weighted by molar-refractivity contribution is 6.03. The Kier molecular flexibility index (Phi) is 4.90. The highest BCUT2D eigenvalue weighted by Gasteiger charge is 2.21. The van der Waals surface area contributed by atoms with Crippen molar-refractivity contribution in [3.8, 4) is 5.75 Å². The second kappa shape index (κ2) is 7.89. The van der Waals surface area contributed by atoms with Crippen LogP contribution in [0.4, 0.5) is 5.69 Å². The summed E-state index contributed by atoms with van der Waals surface area (Å²) in [6.45, 7) is 2.07. The van der Waals surface area contributed by atoms with E-state index < -0.39 is 0 Å². The highest BCUT2D eigenvalue weighted by atomic mass is 16.5. The number of fused-ring (bicyclic) bond motifs is 3. The molecule has 32 heavy (non-hydrogen) atoms. The van der Waals surface area contributed by atoms with Crippen LogP contribution in [0.2, 0.25) is 0 Å². The first-order chi connectivity index (χ1) is 15.6. The van der Waals surface area contributed by atoms with Crippen molar-refractivity contribution in [2.75, 3.05) is 12.4 Å². The Hall–Kier alpha value is -4.06. The summed E-state index contributed by atoms with van der Waals surface area (Å²) in [5, 5.41) is 9.87. The van der Waals surface area contributed by atoms with Crippen LogP contribution >= 0.6 is 0 Å². The normalized spacial score (nSPS) is 12.2. The van der Waals surface area contributed by atoms with Gasteiger partial charge in [0.15, 0.2) is 0 Å². The van der Waals surface area contributed by atoms with Crippen molar-refractivity contribution in [3.05, 3.63) is 100 Å². The third-order valence-corrected chi connectivity index (χ3v) is 5.88. The Morgan fingerprint density at radius 2 is 1.66 bits per heavy atom. The highest BCUT2D eigenvalue weighted by Crippen LogP contribution is 2.29. The van der Waals surface area contributed by atoms with Crippen molar-refractivity contribution in [2.45, 2.75) is 13.1 Å². The van der Waals surface area contributed by atoms with Crippen molar-refractivity contribution in [3.63, 3.8) is 0 Å². The molecule has 0 fully saturated rings. The van der Waals surface area contributed by atoms with Crippen LogP contribution in [-0.2, 0) is 7.05 Å². The molecule has 1 atom stereocenters. The third kappa shape index (κ3) is 3.30. The number of ether oxygens (including phenoxy) is 1. The standard InChI is InChI=1S/C26H24N4O2/c1-17-8-10-18(11-9-17)25(28-19-12-14-20(32-3)15-13-19)30-24-21-6-4-5-7-23(21)29(2)26(31)22(24)16-27-30/h4-16,25,28H,1-3H3/t25-/m0/s1. The van der Waals surface area contributed by atoms with Gasteiger partial charge in [-0.1, -0.05) is 48.0 Å². The van der Waals surface area contributed by atoms with E-state index in [0.29, 0.717) is 5.39 Å². The zero-order chi connectivity index (χ0) is 22.2. The predicted octanol–water partition coefficient (Wildman–Crippen LogP) is 4.86. The zero-order valence-corrected chi connectivity index (χ0v) is 18.2. The number of nitrogens with one attached hydrogen (secondary N) is 1. The molecule has 0 bridgehead atoms. The number of aryl methyl sites for hydroxylation is 2. The van der Waals surface area contributed by atoms with E-state index in [0.717, 1.165) is 33.4 Å². The van der Waals surface area contributed by atoms with Crippen molar-refractivity contribution in [1.29, 1.82) is 0 Å². The van der Waals surface area contributed by atoms with E-state index in [1.165, 1.54) is 5.56 Å². The molecule has 0 unspecified atom stereocenters. The monoisotopic (exact) mass is 424 g/mol. The van der Waals surface area contributed by atoms with E-state index in [2.05, 4.69) is 36.5 Å². The smallest absolute Gasteiger partial charge is 0.261 e. The van der Waals surface area contributed by atoms with Crippen LogP contribution in [0.25, 0.3) is 21.8 Å². The van der Waals surface area contributed by atoms with Gasteiger partial charge in [-0.3, -0.25) is 4.79 Å². The number of anilines is 1. The SMILES string of the molecule is COc1ccc(N[C@H](c2ccc(C)cc2)n2ncc3c(=O)n(C)c4ccccc4c32)cc1. The Balaban J connectivity index is 1.74. The molecule has 3 aromatic carbocycles. The number of hydrogen-bond donors (Lipinski definition) is 1. The van der Waals surface area contributed by atoms with Crippen LogP contribution in [-0.4, -0.2) is 21.5 Å². The van der Waals surface area contributed by atoms with Gasteiger partial charge in [0.2, 0.25) is 0 Å². The molecule has 2 heterocycles. The van der Waals surface area contributed by atoms with Crippen molar-refractivity contribution in [2.24, 2.45) is 7.05 Å². The number of benzene rings is 3. The van der Waals surface area contributed by atoms with E-state index in [4.69, 9.17) is 9.84 Å². The molecule has 160 valence electrons. The van der Waals surface area contributed by atoms with Gasteiger partial charge in [0.25, 0.3) is 5.56 Å². The van der Waals surface area contributed by atoms with Crippen molar-refractivity contribution < 1.29 is 4.74 Å². The number of methoxy groups -OCH3 is 1. The van der Waals surface area contributed by atoms with Gasteiger partial charge < -0.3 is 14.6 Å². The van der Waals surface area contributed by atoms with E-state index >= 15 is 0 Å². The topological polar surface area (TPSA) is 61.1 Å². The summed E-state index contributed by atoms with van der Waals surface area (Å²) < 4.78 is 8.88. The third-order valence-electron chi connectivity index (χ3n) is 5.88. The fraction of sp³-hybridized carbons (Fsp3) is 0.154. The van der Waals surface area contributed by atoms with Gasteiger partial charge in [-0.2, -0.15) is 5.10 Å². The van der Waals surface area contributed by atoms with Crippen LogP contribution in [0.5, 0.6) is 5.75 Å². The lowest BCUT2D eigenvalue weighted by Crippen LogP contribution is -2.22. The van der Waals surface area contributed by atoms with Crippen LogP contribution in [0.1, 0.15) is 17.3 Å². The molecule has 1 N–H and O–H groups in total. The number of hydrogen-bond acceptors (Lipinski definition) is 4. The molecule has 0 radical (unpaired) electrons. The maximum absolute atomic E-state index is 13.1. The molecule has 0 amide bonds. The first kappa shape index (κ1) is 19.9. The average molecular weight is 425 g/mol. The number of nitrogens with zero attached hydrogens (tertiary/aromatic N) is 3. The molecule has 5 aromatic rings. The fourth-order valence-corrected chi connectivity index (χ4v) is 4.12. The molecule has 0 aliphatic heterocycles. The first-order valence-electron chi connectivity index (χ1n) is 10.5. The maximum Gasteiger partial charge on any atom is 0.261 e. The molecule has 0 spiro atoms. The number of rotatable bonds is 5.